The van der Waals surface area contributed by atoms with Crippen molar-refractivity contribution < 1.29 is 4.79 Å². The number of rotatable bonds is 1. The maximum atomic E-state index is 12.3. The molecule has 1 saturated heterocycles. The molecule has 1 amide bonds. The molecule has 98 valence electrons. The molecular weight excluding hydrogens is 271 g/mol. The number of nitrogens with one attached hydrogen (secondary N) is 1. The topological polar surface area (TPSA) is 32.3 Å². The molecule has 0 spiro atoms. The van der Waals surface area contributed by atoms with Crippen LogP contribution in [0.2, 0.25) is 10.0 Å². The minimum atomic E-state index is 0.0180. The highest BCUT2D eigenvalue weighted by atomic mass is 35.5. The maximum Gasteiger partial charge on any atom is 0.253 e. The highest BCUT2D eigenvalue weighted by molar-refractivity contribution is 6.42. The molecule has 1 aliphatic heterocycles. The summed E-state index contributed by atoms with van der Waals surface area (Å²) in [4.78, 5) is 14.2. The van der Waals surface area contributed by atoms with Crippen molar-refractivity contribution >= 4 is 29.1 Å². The molecule has 0 aromatic heterocycles. The molecule has 1 aromatic rings. The number of halogens is 2. The smallest absolute Gasteiger partial charge is 0.253 e. The monoisotopic (exact) mass is 286 g/mol. The van der Waals surface area contributed by atoms with Gasteiger partial charge in [-0.05, 0) is 31.5 Å². The third kappa shape index (κ3) is 3.16. The van der Waals surface area contributed by atoms with Crippen molar-refractivity contribution in [1.29, 1.82) is 0 Å². The van der Waals surface area contributed by atoms with Gasteiger partial charge in [-0.3, -0.25) is 4.79 Å². The lowest BCUT2D eigenvalue weighted by Crippen LogP contribution is -2.34. The molecule has 2 rings (SSSR count). The van der Waals surface area contributed by atoms with Gasteiger partial charge < -0.3 is 10.2 Å². The second kappa shape index (κ2) is 5.91. The third-order valence-corrected chi connectivity index (χ3v) is 3.90. The molecule has 1 unspecified atom stereocenters. The molecular formula is C13H16Cl2N2O. The van der Waals surface area contributed by atoms with Crippen LogP contribution in [0.5, 0.6) is 0 Å². The van der Waals surface area contributed by atoms with Crippen LogP contribution >= 0.6 is 23.2 Å². The predicted molar refractivity (Wildman–Crippen MR) is 74.4 cm³/mol. The number of carbonyl (C=O) groups excluding carboxylic acids is 1. The summed E-state index contributed by atoms with van der Waals surface area (Å²) >= 11 is 11.8. The Morgan fingerprint density at radius 2 is 2.11 bits per heavy atom. The molecule has 1 fully saturated rings. The second-order valence-corrected chi connectivity index (χ2v) is 5.38. The summed E-state index contributed by atoms with van der Waals surface area (Å²) in [6.07, 6.45) is 0.965. The lowest BCUT2D eigenvalue weighted by Gasteiger charge is -2.20. The molecule has 1 aromatic carbocycles. The first-order valence-electron chi connectivity index (χ1n) is 6.05. The van der Waals surface area contributed by atoms with Crippen LogP contribution in [0.25, 0.3) is 0 Å². The number of carbonyl (C=O) groups is 1. The Labute approximate surface area is 117 Å². The van der Waals surface area contributed by atoms with Crippen molar-refractivity contribution in [2.24, 2.45) is 0 Å². The van der Waals surface area contributed by atoms with Gasteiger partial charge in [-0.2, -0.15) is 0 Å². The zero-order valence-corrected chi connectivity index (χ0v) is 11.8. The quantitative estimate of drug-likeness (QED) is 0.861. The largest absolute Gasteiger partial charge is 0.337 e. The van der Waals surface area contributed by atoms with Gasteiger partial charge in [0.15, 0.2) is 0 Å². The standard InChI is InChI=1S/C13H16Cl2N2O/c1-9-4-6-17(7-5-16-9)13(18)10-2-3-11(14)12(15)8-10/h2-3,8-9,16H,4-7H2,1H3. The Balaban J connectivity index is 2.12. The van der Waals surface area contributed by atoms with E-state index in [9.17, 15) is 4.79 Å². The first-order chi connectivity index (χ1) is 8.58. The fourth-order valence-electron chi connectivity index (χ4n) is 2.02. The lowest BCUT2D eigenvalue weighted by molar-refractivity contribution is 0.0765. The van der Waals surface area contributed by atoms with Crippen LogP contribution in [-0.2, 0) is 0 Å². The average molecular weight is 287 g/mol. The molecule has 1 atom stereocenters. The Morgan fingerprint density at radius 1 is 1.33 bits per heavy atom. The fourth-order valence-corrected chi connectivity index (χ4v) is 2.32. The van der Waals surface area contributed by atoms with Crippen molar-refractivity contribution in [3.63, 3.8) is 0 Å². The Kier molecular flexibility index (Phi) is 4.49. The van der Waals surface area contributed by atoms with E-state index < -0.39 is 0 Å². The first-order valence-corrected chi connectivity index (χ1v) is 6.81. The van der Waals surface area contributed by atoms with Gasteiger partial charge in [0.25, 0.3) is 5.91 Å². The summed E-state index contributed by atoms with van der Waals surface area (Å²) in [5, 5.41) is 4.25. The van der Waals surface area contributed by atoms with Crippen LogP contribution in [0.3, 0.4) is 0 Å². The molecule has 0 bridgehead atoms. The highest BCUT2D eigenvalue weighted by Crippen LogP contribution is 2.23. The second-order valence-electron chi connectivity index (χ2n) is 4.56. The van der Waals surface area contributed by atoms with Gasteiger partial charge in [0.2, 0.25) is 0 Å². The number of nitrogens with zero attached hydrogens (tertiary/aromatic N) is 1. The van der Waals surface area contributed by atoms with E-state index in [2.05, 4.69) is 12.2 Å². The first kappa shape index (κ1) is 13.7. The molecule has 0 aliphatic carbocycles. The zero-order chi connectivity index (χ0) is 13.1. The highest BCUT2D eigenvalue weighted by Gasteiger charge is 2.19. The van der Waals surface area contributed by atoms with Crippen molar-refractivity contribution in [2.75, 3.05) is 19.6 Å². The van der Waals surface area contributed by atoms with Crippen molar-refractivity contribution in [3.8, 4) is 0 Å². The van der Waals surface area contributed by atoms with Crippen LogP contribution in [0, 0.1) is 0 Å². The van der Waals surface area contributed by atoms with Gasteiger partial charge >= 0.3 is 0 Å². The van der Waals surface area contributed by atoms with Crippen LogP contribution in [0.1, 0.15) is 23.7 Å². The molecule has 1 N–H and O–H groups in total. The van der Waals surface area contributed by atoms with Crippen molar-refractivity contribution in [1.82, 2.24) is 10.2 Å². The van der Waals surface area contributed by atoms with E-state index in [1.165, 1.54) is 0 Å². The van der Waals surface area contributed by atoms with Crippen LogP contribution in [0.15, 0.2) is 18.2 Å². The fraction of sp³-hybridized carbons (Fsp3) is 0.462. The number of hydrogen-bond acceptors (Lipinski definition) is 2. The van der Waals surface area contributed by atoms with E-state index in [0.717, 1.165) is 26.1 Å². The molecule has 18 heavy (non-hydrogen) atoms. The van der Waals surface area contributed by atoms with E-state index in [1.807, 2.05) is 4.90 Å². The maximum absolute atomic E-state index is 12.3. The van der Waals surface area contributed by atoms with Crippen LogP contribution < -0.4 is 5.32 Å². The third-order valence-electron chi connectivity index (χ3n) is 3.16. The SMILES string of the molecule is CC1CCN(C(=O)c2ccc(Cl)c(Cl)c2)CCN1. The van der Waals surface area contributed by atoms with Crippen LogP contribution in [-0.4, -0.2) is 36.5 Å². The van der Waals surface area contributed by atoms with Crippen molar-refractivity contribution in [3.05, 3.63) is 33.8 Å². The lowest BCUT2D eigenvalue weighted by atomic mass is 10.2. The Hall–Kier alpha value is -0.770. The molecule has 0 saturated carbocycles. The summed E-state index contributed by atoms with van der Waals surface area (Å²) in [7, 11) is 0. The van der Waals surface area contributed by atoms with Gasteiger partial charge in [0.1, 0.15) is 0 Å². The number of hydrogen-bond donors (Lipinski definition) is 1. The molecule has 1 heterocycles. The summed E-state index contributed by atoms with van der Waals surface area (Å²) in [6, 6.07) is 5.47. The van der Waals surface area contributed by atoms with E-state index in [1.54, 1.807) is 18.2 Å². The minimum Gasteiger partial charge on any atom is -0.337 e. The van der Waals surface area contributed by atoms with Gasteiger partial charge in [-0.1, -0.05) is 23.2 Å². The summed E-state index contributed by atoms with van der Waals surface area (Å²) in [6.45, 7) is 4.46. The molecule has 0 radical (unpaired) electrons. The van der Waals surface area contributed by atoms with E-state index >= 15 is 0 Å². The zero-order valence-electron chi connectivity index (χ0n) is 10.2. The molecule has 3 nitrogen and oxygen atoms in total. The van der Waals surface area contributed by atoms with Gasteiger partial charge in [-0.15, -0.1) is 0 Å². The normalized spacial score (nSPS) is 20.6. The Morgan fingerprint density at radius 3 is 2.83 bits per heavy atom. The Bertz CT molecular complexity index is 451. The number of benzene rings is 1. The predicted octanol–water partition coefficient (Wildman–Crippen LogP) is 2.82. The van der Waals surface area contributed by atoms with E-state index in [0.29, 0.717) is 21.7 Å². The van der Waals surface area contributed by atoms with E-state index in [-0.39, 0.29) is 5.91 Å². The van der Waals surface area contributed by atoms with E-state index in [4.69, 9.17) is 23.2 Å². The van der Waals surface area contributed by atoms with Gasteiger partial charge in [-0.25, -0.2) is 0 Å². The minimum absolute atomic E-state index is 0.0180. The molecule has 1 aliphatic rings. The average Bonchev–Trinajstić information content (AvgIpc) is 2.57. The number of amides is 1. The summed E-state index contributed by atoms with van der Waals surface area (Å²) in [5.74, 6) is 0.0180. The van der Waals surface area contributed by atoms with Crippen LogP contribution in [0.4, 0.5) is 0 Å². The molecule has 5 heteroatoms. The summed E-state index contributed by atoms with van der Waals surface area (Å²) < 4.78 is 0. The van der Waals surface area contributed by atoms with Gasteiger partial charge in [0, 0.05) is 31.2 Å². The van der Waals surface area contributed by atoms with Crippen molar-refractivity contribution in [2.45, 2.75) is 19.4 Å². The van der Waals surface area contributed by atoms with Gasteiger partial charge in [0.05, 0.1) is 10.0 Å². The summed E-state index contributed by atoms with van der Waals surface area (Å²) in [5.41, 5.74) is 0.596.